The van der Waals surface area contributed by atoms with Crippen molar-refractivity contribution in [2.75, 3.05) is 37.6 Å². The molecule has 0 aliphatic carbocycles. The van der Waals surface area contributed by atoms with Gasteiger partial charge in [-0.3, -0.25) is 9.69 Å². The third kappa shape index (κ3) is 3.46. The van der Waals surface area contributed by atoms with E-state index in [1.807, 2.05) is 11.0 Å². The molecule has 2 aromatic rings. The maximum atomic E-state index is 13.1. The van der Waals surface area contributed by atoms with Gasteiger partial charge in [0.2, 0.25) is 11.9 Å². The summed E-state index contributed by atoms with van der Waals surface area (Å²) in [5.41, 5.74) is 1.36. The maximum absolute atomic E-state index is 13.1. The number of carbonyl (C=O) groups excluding carboxylic acids is 1. The Kier molecular flexibility index (Phi) is 5.17. The molecular weight excluding hydrogens is 346 g/mol. The molecule has 0 aromatic carbocycles. The molecule has 6 nitrogen and oxygen atoms in total. The second kappa shape index (κ2) is 7.72. The third-order valence-corrected chi connectivity index (χ3v) is 6.20. The molecule has 0 spiro atoms. The Morgan fingerprint density at radius 2 is 1.96 bits per heavy atom. The van der Waals surface area contributed by atoms with E-state index in [-0.39, 0.29) is 11.9 Å². The van der Waals surface area contributed by atoms with E-state index in [4.69, 9.17) is 0 Å². The van der Waals surface area contributed by atoms with Crippen molar-refractivity contribution < 1.29 is 4.79 Å². The van der Waals surface area contributed by atoms with Crippen LogP contribution in [0, 0.1) is 0 Å². The quantitative estimate of drug-likeness (QED) is 0.826. The van der Waals surface area contributed by atoms with Gasteiger partial charge >= 0.3 is 0 Å². The molecule has 0 unspecified atom stereocenters. The molecule has 0 saturated carbocycles. The maximum Gasteiger partial charge on any atom is 0.239 e. The van der Waals surface area contributed by atoms with Gasteiger partial charge in [-0.2, -0.15) is 11.3 Å². The lowest BCUT2D eigenvalue weighted by Crippen LogP contribution is -2.54. The SMILES string of the molecule is C[C@H](C(=O)N1CCN(c2ncccn2)CC1)N1CCC[C@H]1c1ccsc1. The first-order chi connectivity index (χ1) is 12.7. The van der Waals surface area contributed by atoms with Gasteiger partial charge in [-0.05, 0) is 54.8 Å². The number of thiophene rings is 1. The number of nitrogens with zero attached hydrogens (tertiary/aromatic N) is 5. The number of carbonyl (C=O) groups is 1. The van der Waals surface area contributed by atoms with E-state index in [0.29, 0.717) is 6.04 Å². The second-order valence-corrected chi connectivity index (χ2v) is 7.77. The van der Waals surface area contributed by atoms with Crippen molar-refractivity contribution in [3.05, 3.63) is 40.8 Å². The molecule has 26 heavy (non-hydrogen) atoms. The van der Waals surface area contributed by atoms with Crippen molar-refractivity contribution in [2.45, 2.75) is 31.8 Å². The molecule has 1 amide bonds. The van der Waals surface area contributed by atoms with Crippen molar-refractivity contribution in [3.63, 3.8) is 0 Å². The number of likely N-dealkylation sites (tertiary alicyclic amines) is 1. The van der Waals surface area contributed by atoms with Gasteiger partial charge < -0.3 is 9.80 Å². The summed E-state index contributed by atoms with van der Waals surface area (Å²) in [4.78, 5) is 28.3. The Morgan fingerprint density at radius 3 is 2.65 bits per heavy atom. The molecule has 2 saturated heterocycles. The number of piperazine rings is 1. The Labute approximate surface area is 158 Å². The normalized spacial score (nSPS) is 22.6. The van der Waals surface area contributed by atoms with Crippen molar-refractivity contribution in [1.29, 1.82) is 0 Å². The van der Waals surface area contributed by atoms with E-state index < -0.39 is 0 Å². The van der Waals surface area contributed by atoms with Crippen molar-refractivity contribution >= 4 is 23.2 Å². The zero-order valence-electron chi connectivity index (χ0n) is 15.1. The van der Waals surface area contributed by atoms with Gasteiger partial charge in [0, 0.05) is 44.6 Å². The molecule has 2 aromatic heterocycles. The molecule has 2 aliphatic heterocycles. The second-order valence-electron chi connectivity index (χ2n) is 6.99. The summed E-state index contributed by atoms with van der Waals surface area (Å²) in [6.45, 7) is 6.12. The minimum absolute atomic E-state index is 0.0677. The van der Waals surface area contributed by atoms with Gasteiger partial charge in [0.15, 0.2) is 0 Å². The summed E-state index contributed by atoms with van der Waals surface area (Å²) in [5, 5.41) is 4.35. The number of anilines is 1. The highest BCUT2D eigenvalue weighted by Gasteiger charge is 2.35. The average molecular weight is 372 g/mol. The van der Waals surface area contributed by atoms with Crippen LogP contribution >= 0.6 is 11.3 Å². The van der Waals surface area contributed by atoms with Crippen LogP contribution in [0.15, 0.2) is 35.3 Å². The van der Waals surface area contributed by atoms with Crippen LogP contribution in [0.3, 0.4) is 0 Å². The molecule has 138 valence electrons. The lowest BCUT2D eigenvalue weighted by atomic mass is 10.1. The zero-order valence-corrected chi connectivity index (χ0v) is 15.9. The molecule has 0 N–H and O–H groups in total. The van der Waals surface area contributed by atoms with Crippen LogP contribution in [0.4, 0.5) is 5.95 Å². The number of hydrogen-bond donors (Lipinski definition) is 0. The van der Waals surface area contributed by atoms with Gasteiger partial charge in [0.25, 0.3) is 0 Å². The molecule has 4 rings (SSSR count). The smallest absolute Gasteiger partial charge is 0.239 e. The predicted molar refractivity (Wildman–Crippen MR) is 103 cm³/mol. The molecule has 2 fully saturated rings. The van der Waals surface area contributed by atoms with Gasteiger partial charge in [0.1, 0.15) is 0 Å². The fourth-order valence-electron chi connectivity index (χ4n) is 4.06. The van der Waals surface area contributed by atoms with Crippen LogP contribution in [0.5, 0.6) is 0 Å². The Balaban J connectivity index is 1.37. The summed E-state index contributed by atoms with van der Waals surface area (Å²) in [6.07, 6.45) is 5.84. The van der Waals surface area contributed by atoms with Crippen LogP contribution in [-0.2, 0) is 4.79 Å². The molecular formula is C19H25N5OS. The van der Waals surface area contributed by atoms with Gasteiger partial charge in [-0.15, -0.1) is 0 Å². The largest absolute Gasteiger partial charge is 0.338 e. The lowest BCUT2D eigenvalue weighted by Gasteiger charge is -2.38. The highest BCUT2D eigenvalue weighted by atomic mass is 32.1. The molecule has 7 heteroatoms. The fourth-order valence-corrected chi connectivity index (χ4v) is 4.77. The first kappa shape index (κ1) is 17.4. The topological polar surface area (TPSA) is 52.6 Å². The minimum Gasteiger partial charge on any atom is -0.338 e. The minimum atomic E-state index is -0.0677. The summed E-state index contributed by atoms with van der Waals surface area (Å²) in [5.74, 6) is 1.01. The first-order valence-corrected chi connectivity index (χ1v) is 10.3. The monoisotopic (exact) mass is 371 g/mol. The highest BCUT2D eigenvalue weighted by molar-refractivity contribution is 7.07. The number of aromatic nitrogens is 2. The Hall–Kier alpha value is -1.99. The average Bonchev–Trinajstić information content (AvgIpc) is 3.39. The van der Waals surface area contributed by atoms with E-state index in [2.05, 4.69) is 43.5 Å². The van der Waals surface area contributed by atoms with Crippen LogP contribution in [0.1, 0.15) is 31.4 Å². The number of hydrogen-bond acceptors (Lipinski definition) is 6. The zero-order chi connectivity index (χ0) is 17.9. The summed E-state index contributed by atoms with van der Waals surface area (Å²) in [6, 6.07) is 4.34. The van der Waals surface area contributed by atoms with Gasteiger partial charge in [-0.1, -0.05) is 0 Å². The lowest BCUT2D eigenvalue weighted by molar-refractivity contribution is -0.137. The Bertz CT molecular complexity index is 715. The van der Waals surface area contributed by atoms with Crippen molar-refractivity contribution in [1.82, 2.24) is 19.8 Å². The van der Waals surface area contributed by atoms with E-state index in [1.165, 1.54) is 5.56 Å². The molecule has 2 atom stereocenters. The van der Waals surface area contributed by atoms with Crippen LogP contribution in [0.2, 0.25) is 0 Å². The molecule has 4 heterocycles. The van der Waals surface area contributed by atoms with E-state index in [0.717, 1.165) is 51.5 Å². The number of amides is 1. The van der Waals surface area contributed by atoms with Gasteiger partial charge in [-0.25, -0.2) is 9.97 Å². The molecule has 0 radical (unpaired) electrons. The fraction of sp³-hybridized carbons (Fsp3) is 0.526. The van der Waals surface area contributed by atoms with E-state index >= 15 is 0 Å². The Morgan fingerprint density at radius 1 is 1.19 bits per heavy atom. The summed E-state index contributed by atoms with van der Waals surface area (Å²) < 4.78 is 0. The molecule has 0 bridgehead atoms. The van der Waals surface area contributed by atoms with E-state index in [9.17, 15) is 4.79 Å². The van der Waals surface area contributed by atoms with Crippen molar-refractivity contribution in [3.8, 4) is 0 Å². The highest BCUT2D eigenvalue weighted by Crippen LogP contribution is 2.35. The standard InChI is InChI=1S/C19H25N5OS/c1-15(24-8-2-4-17(24)16-5-13-26-14-16)18(25)22-9-11-23(12-10-22)19-20-6-3-7-21-19/h3,5-7,13-15,17H,2,4,8-12H2,1H3/t15-,17+/m1/s1. The van der Waals surface area contributed by atoms with Crippen molar-refractivity contribution in [2.24, 2.45) is 0 Å². The predicted octanol–water partition coefficient (Wildman–Crippen LogP) is 2.41. The first-order valence-electron chi connectivity index (χ1n) is 9.32. The van der Waals surface area contributed by atoms with Gasteiger partial charge in [0.05, 0.1) is 6.04 Å². The van der Waals surface area contributed by atoms with Crippen LogP contribution < -0.4 is 4.90 Å². The third-order valence-electron chi connectivity index (χ3n) is 5.50. The molecule has 2 aliphatic rings. The van der Waals surface area contributed by atoms with E-state index in [1.54, 1.807) is 23.7 Å². The van der Waals surface area contributed by atoms with Crippen LogP contribution in [0.25, 0.3) is 0 Å². The van der Waals surface area contributed by atoms with Crippen LogP contribution in [-0.4, -0.2) is 64.4 Å². The number of rotatable bonds is 4. The summed E-state index contributed by atoms with van der Waals surface area (Å²) >= 11 is 1.74. The summed E-state index contributed by atoms with van der Waals surface area (Å²) in [7, 11) is 0.